The van der Waals surface area contributed by atoms with E-state index in [4.69, 9.17) is 0 Å². The van der Waals surface area contributed by atoms with E-state index in [-0.39, 0.29) is 11.9 Å². The van der Waals surface area contributed by atoms with Gasteiger partial charge in [-0.3, -0.25) is 9.48 Å². The van der Waals surface area contributed by atoms with Crippen LogP contribution in [0.5, 0.6) is 0 Å². The number of thioether (sulfide) groups is 2. The summed E-state index contributed by atoms with van der Waals surface area (Å²) in [6.45, 7) is 2.00. The summed E-state index contributed by atoms with van der Waals surface area (Å²) in [6, 6.07) is 0.0347. The standard InChI is InChI=1S/C12H19N3OS2/c1-9(10-6-13-15(2)7-10)14-12(16)5-11-8-17-3-4-18-11/h6-7,9,11H,3-5,8H2,1-2H3,(H,14,16). The summed E-state index contributed by atoms with van der Waals surface area (Å²) in [5.41, 5.74) is 1.05. The Balaban J connectivity index is 1.79. The molecule has 1 aromatic rings. The number of hydrogen-bond donors (Lipinski definition) is 1. The molecule has 0 aromatic carbocycles. The normalized spacial score (nSPS) is 21.6. The van der Waals surface area contributed by atoms with Crippen LogP contribution in [0.25, 0.3) is 0 Å². The lowest BCUT2D eigenvalue weighted by Gasteiger charge is -2.21. The van der Waals surface area contributed by atoms with E-state index in [2.05, 4.69) is 10.4 Å². The highest BCUT2D eigenvalue weighted by molar-refractivity contribution is 8.06. The largest absolute Gasteiger partial charge is 0.349 e. The van der Waals surface area contributed by atoms with Crippen molar-refractivity contribution in [2.24, 2.45) is 7.05 Å². The molecular formula is C12H19N3OS2. The number of rotatable bonds is 4. The van der Waals surface area contributed by atoms with Gasteiger partial charge in [0.15, 0.2) is 0 Å². The topological polar surface area (TPSA) is 46.9 Å². The number of aryl methyl sites for hydroxylation is 1. The molecule has 1 N–H and O–H groups in total. The van der Waals surface area contributed by atoms with Crippen molar-refractivity contribution in [3.8, 4) is 0 Å². The second-order valence-corrected chi connectivity index (χ2v) is 7.07. The van der Waals surface area contributed by atoms with Crippen molar-refractivity contribution < 1.29 is 4.79 Å². The molecule has 0 spiro atoms. The summed E-state index contributed by atoms with van der Waals surface area (Å²) in [5, 5.41) is 7.64. The quantitative estimate of drug-likeness (QED) is 0.917. The van der Waals surface area contributed by atoms with Crippen LogP contribution in [0.4, 0.5) is 0 Å². The third-order valence-corrected chi connectivity index (χ3v) is 5.75. The van der Waals surface area contributed by atoms with Gasteiger partial charge in [0.25, 0.3) is 0 Å². The summed E-state index contributed by atoms with van der Waals surface area (Å²) in [6.07, 6.45) is 4.37. The molecular weight excluding hydrogens is 266 g/mol. The first-order valence-corrected chi connectivity index (χ1v) is 8.33. The van der Waals surface area contributed by atoms with E-state index in [1.165, 1.54) is 11.5 Å². The second kappa shape index (κ2) is 6.52. The van der Waals surface area contributed by atoms with Gasteiger partial charge < -0.3 is 5.32 Å². The molecule has 2 atom stereocenters. The average Bonchev–Trinajstić information content (AvgIpc) is 2.77. The SMILES string of the molecule is CC(NC(=O)CC1CSCCS1)c1cnn(C)c1. The number of nitrogens with one attached hydrogen (secondary N) is 1. The molecule has 2 heterocycles. The molecule has 100 valence electrons. The highest BCUT2D eigenvalue weighted by atomic mass is 32.2. The minimum atomic E-state index is 0.0347. The van der Waals surface area contributed by atoms with E-state index in [1.807, 2.05) is 43.7 Å². The number of carbonyl (C=O) groups excluding carboxylic acids is 1. The predicted molar refractivity (Wildman–Crippen MR) is 78.0 cm³/mol. The second-order valence-electron chi connectivity index (χ2n) is 4.51. The molecule has 2 rings (SSSR count). The van der Waals surface area contributed by atoms with Crippen LogP contribution in [0.3, 0.4) is 0 Å². The number of carbonyl (C=O) groups is 1. The zero-order chi connectivity index (χ0) is 13.0. The first-order valence-electron chi connectivity index (χ1n) is 6.12. The molecule has 6 heteroatoms. The van der Waals surface area contributed by atoms with Crippen LogP contribution in [-0.2, 0) is 11.8 Å². The Bertz CT molecular complexity index is 402. The molecule has 4 nitrogen and oxygen atoms in total. The van der Waals surface area contributed by atoms with E-state index in [0.29, 0.717) is 11.7 Å². The summed E-state index contributed by atoms with van der Waals surface area (Å²) >= 11 is 3.87. The molecule has 1 aliphatic heterocycles. The van der Waals surface area contributed by atoms with Gasteiger partial charge in [-0.1, -0.05) is 0 Å². The summed E-state index contributed by atoms with van der Waals surface area (Å²) in [5.74, 6) is 3.63. The Kier molecular flexibility index (Phi) is 5.00. The molecule has 1 amide bonds. The molecule has 1 aromatic heterocycles. The smallest absolute Gasteiger partial charge is 0.221 e. The van der Waals surface area contributed by atoms with Crippen LogP contribution in [0.1, 0.15) is 24.9 Å². The molecule has 2 unspecified atom stereocenters. The Morgan fingerprint density at radius 1 is 1.67 bits per heavy atom. The van der Waals surface area contributed by atoms with Gasteiger partial charge in [-0.15, -0.1) is 0 Å². The van der Waals surface area contributed by atoms with E-state index in [9.17, 15) is 4.79 Å². The van der Waals surface area contributed by atoms with Crippen LogP contribution >= 0.6 is 23.5 Å². The van der Waals surface area contributed by atoms with Gasteiger partial charge in [-0.25, -0.2) is 0 Å². The van der Waals surface area contributed by atoms with E-state index < -0.39 is 0 Å². The van der Waals surface area contributed by atoms with Gasteiger partial charge in [0, 0.05) is 47.7 Å². The maximum Gasteiger partial charge on any atom is 0.221 e. The zero-order valence-corrected chi connectivity index (χ0v) is 12.4. The Morgan fingerprint density at radius 2 is 2.50 bits per heavy atom. The zero-order valence-electron chi connectivity index (χ0n) is 10.8. The lowest BCUT2D eigenvalue weighted by atomic mass is 10.2. The monoisotopic (exact) mass is 285 g/mol. The van der Waals surface area contributed by atoms with Crippen LogP contribution in [0.15, 0.2) is 12.4 Å². The van der Waals surface area contributed by atoms with Crippen LogP contribution in [0.2, 0.25) is 0 Å². The van der Waals surface area contributed by atoms with Crippen LogP contribution in [0, 0.1) is 0 Å². The van der Waals surface area contributed by atoms with Gasteiger partial charge in [-0.2, -0.15) is 28.6 Å². The van der Waals surface area contributed by atoms with Gasteiger partial charge in [0.2, 0.25) is 5.91 Å². The Labute approximate surface area is 116 Å². The molecule has 0 saturated carbocycles. The van der Waals surface area contributed by atoms with Gasteiger partial charge in [0.1, 0.15) is 0 Å². The predicted octanol–water partition coefficient (Wildman–Crippen LogP) is 1.84. The third kappa shape index (κ3) is 3.95. The number of hydrogen-bond acceptors (Lipinski definition) is 4. The lowest BCUT2D eigenvalue weighted by molar-refractivity contribution is -0.121. The maximum atomic E-state index is 11.9. The molecule has 0 radical (unpaired) electrons. The molecule has 1 saturated heterocycles. The molecule has 1 aliphatic rings. The molecule has 0 bridgehead atoms. The van der Waals surface area contributed by atoms with Crippen molar-refractivity contribution in [3.63, 3.8) is 0 Å². The highest BCUT2D eigenvalue weighted by Crippen LogP contribution is 2.26. The Hall–Kier alpha value is -0.620. The van der Waals surface area contributed by atoms with E-state index in [0.717, 1.165) is 11.3 Å². The highest BCUT2D eigenvalue weighted by Gasteiger charge is 2.19. The Morgan fingerprint density at radius 3 is 3.11 bits per heavy atom. The van der Waals surface area contributed by atoms with Crippen molar-refractivity contribution in [3.05, 3.63) is 18.0 Å². The fourth-order valence-electron chi connectivity index (χ4n) is 1.91. The molecule has 0 aliphatic carbocycles. The average molecular weight is 285 g/mol. The number of aromatic nitrogens is 2. The number of nitrogens with zero attached hydrogens (tertiary/aromatic N) is 2. The third-order valence-electron chi connectivity index (χ3n) is 2.90. The first-order chi connectivity index (χ1) is 8.65. The summed E-state index contributed by atoms with van der Waals surface area (Å²) in [7, 11) is 1.88. The fourth-order valence-corrected chi connectivity index (χ4v) is 4.59. The maximum absolute atomic E-state index is 11.9. The summed E-state index contributed by atoms with van der Waals surface area (Å²) in [4.78, 5) is 11.9. The molecule has 1 fully saturated rings. The van der Waals surface area contributed by atoms with Gasteiger partial charge >= 0.3 is 0 Å². The van der Waals surface area contributed by atoms with Gasteiger partial charge in [-0.05, 0) is 6.92 Å². The van der Waals surface area contributed by atoms with Crippen molar-refractivity contribution in [1.29, 1.82) is 0 Å². The first kappa shape index (κ1) is 13.8. The van der Waals surface area contributed by atoms with Crippen molar-refractivity contribution >= 4 is 29.4 Å². The van der Waals surface area contributed by atoms with Crippen LogP contribution in [-0.4, -0.2) is 38.2 Å². The minimum absolute atomic E-state index is 0.0347. The minimum Gasteiger partial charge on any atom is -0.349 e. The molecule has 18 heavy (non-hydrogen) atoms. The van der Waals surface area contributed by atoms with Crippen molar-refractivity contribution in [1.82, 2.24) is 15.1 Å². The lowest BCUT2D eigenvalue weighted by Crippen LogP contribution is -2.30. The van der Waals surface area contributed by atoms with Crippen molar-refractivity contribution in [2.45, 2.75) is 24.6 Å². The number of amides is 1. The van der Waals surface area contributed by atoms with Gasteiger partial charge in [0.05, 0.1) is 12.2 Å². The summed E-state index contributed by atoms with van der Waals surface area (Å²) < 4.78 is 1.76. The van der Waals surface area contributed by atoms with E-state index in [1.54, 1.807) is 10.9 Å². The van der Waals surface area contributed by atoms with Crippen LogP contribution < -0.4 is 5.32 Å². The van der Waals surface area contributed by atoms with Crippen molar-refractivity contribution in [2.75, 3.05) is 17.3 Å². The fraction of sp³-hybridized carbons (Fsp3) is 0.667. The van der Waals surface area contributed by atoms with E-state index >= 15 is 0 Å².